The Kier molecular flexibility index (Phi) is 5.07. The lowest BCUT2D eigenvalue weighted by Gasteiger charge is -2.10. The van der Waals surface area contributed by atoms with Crippen LogP contribution in [0.25, 0.3) is 0 Å². The molecule has 5 heteroatoms. The molecule has 1 aromatic heterocycles. The number of nitrogens with one attached hydrogen (secondary N) is 1. The van der Waals surface area contributed by atoms with Crippen molar-refractivity contribution in [3.05, 3.63) is 76.6 Å². The number of aryl methyl sites for hydroxylation is 2. The second-order valence-electron chi connectivity index (χ2n) is 6.34. The first kappa shape index (κ1) is 17.7. The zero-order chi connectivity index (χ0) is 18.7. The Labute approximate surface area is 153 Å². The maximum Gasteiger partial charge on any atom is 0.259 e. The Morgan fingerprint density at radius 3 is 2.46 bits per heavy atom. The molecule has 0 radical (unpaired) electrons. The number of nitrogens with zero attached hydrogens (tertiary/aromatic N) is 2. The number of rotatable bonds is 5. The van der Waals surface area contributed by atoms with E-state index in [4.69, 9.17) is 4.74 Å². The number of carbonyl (C=O) groups is 1. The molecule has 0 bridgehead atoms. The molecular weight excluding hydrogens is 326 g/mol. The van der Waals surface area contributed by atoms with E-state index < -0.39 is 0 Å². The fraction of sp³-hybridized carbons (Fsp3) is 0.238. The number of para-hydroxylation sites is 1. The van der Waals surface area contributed by atoms with Crippen LogP contribution >= 0.6 is 0 Å². The van der Waals surface area contributed by atoms with Gasteiger partial charge in [-0.05, 0) is 38.5 Å². The standard InChI is InChI=1S/C21H23N3O2/c1-14-9-11-17(12-10-14)13-24-16(3)20(15(2)23-24)22-21(25)18-7-5-6-8-19(18)26-4/h5-12H,13H2,1-4H3,(H,22,25). The molecule has 0 aliphatic rings. The summed E-state index contributed by atoms with van der Waals surface area (Å²) in [5.41, 5.74) is 5.35. The van der Waals surface area contributed by atoms with E-state index in [9.17, 15) is 4.79 Å². The third-order valence-corrected chi connectivity index (χ3v) is 4.42. The normalized spacial score (nSPS) is 10.6. The Balaban J connectivity index is 1.84. The molecule has 5 nitrogen and oxygen atoms in total. The van der Waals surface area contributed by atoms with Crippen molar-refractivity contribution in [3.63, 3.8) is 0 Å². The molecule has 134 valence electrons. The molecule has 0 atom stereocenters. The van der Waals surface area contributed by atoms with Gasteiger partial charge in [-0.15, -0.1) is 0 Å². The summed E-state index contributed by atoms with van der Waals surface area (Å²) in [7, 11) is 1.56. The van der Waals surface area contributed by atoms with Crippen molar-refractivity contribution in [1.82, 2.24) is 9.78 Å². The first-order valence-electron chi connectivity index (χ1n) is 8.53. The number of hydrogen-bond acceptors (Lipinski definition) is 3. The van der Waals surface area contributed by atoms with E-state index in [1.807, 2.05) is 30.7 Å². The summed E-state index contributed by atoms with van der Waals surface area (Å²) < 4.78 is 7.19. The molecule has 3 aromatic rings. The van der Waals surface area contributed by atoms with Gasteiger partial charge in [0.25, 0.3) is 5.91 Å². The molecule has 3 rings (SSSR count). The molecule has 1 N–H and O–H groups in total. The zero-order valence-electron chi connectivity index (χ0n) is 15.5. The fourth-order valence-electron chi connectivity index (χ4n) is 2.91. The number of amides is 1. The Bertz CT molecular complexity index is 927. The summed E-state index contributed by atoms with van der Waals surface area (Å²) in [6.07, 6.45) is 0. The van der Waals surface area contributed by atoms with Gasteiger partial charge in [-0.25, -0.2) is 0 Å². The smallest absolute Gasteiger partial charge is 0.259 e. The van der Waals surface area contributed by atoms with E-state index in [2.05, 4.69) is 41.6 Å². The van der Waals surface area contributed by atoms with E-state index >= 15 is 0 Å². The van der Waals surface area contributed by atoms with Crippen molar-refractivity contribution in [2.24, 2.45) is 0 Å². The molecule has 26 heavy (non-hydrogen) atoms. The maximum absolute atomic E-state index is 12.7. The first-order valence-corrected chi connectivity index (χ1v) is 8.53. The van der Waals surface area contributed by atoms with Crippen molar-refractivity contribution in [2.45, 2.75) is 27.3 Å². The van der Waals surface area contributed by atoms with Gasteiger partial charge < -0.3 is 10.1 Å². The van der Waals surface area contributed by atoms with Crippen LogP contribution in [-0.2, 0) is 6.54 Å². The van der Waals surface area contributed by atoms with Crippen molar-refractivity contribution in [1.29, 1.82) is 0 Å². The second kappa shape index (κ2) is 7.44. The van der Waals surface area contributed by atoms with E-state index in [0.29, 0.717) is 17.9 Å². The molecule has 0 aliphatic carbocycles. The number of aromatic nitrogens is 2. The average Bonchev–Trinajstić information content (AvgIpc) is 2.91. The van der Waals surface area contributed by atoms with Crippen LogP contribution in [0.15, 0.2) is 48.5 Å². The third-order valence-electron chi connectivity index (χ3n) is 4.42. The summed E-state index contributed by atoms with van der Waals surface area (Å²) in [6, 6.07) is 15.5. The van der Waals surface area contributed by atoms with E-state index in [0.717, 1.165) is 17.1 Å². The number of carbonyl (C=O) groups excluding carboxylic acids is 1. The highest BCUT2D eigenvalue weighted by Gasteiger charge is 2.17. The minimum atomic E-state index is -0.205. The first-order chi connectivity index (χ1) is 12.5. The van der Waals surface area contributed by atoms with Crippen molar-refractivity contribution < 1.29 is 9.53 Å². The van der Waals surface area contributed by atoms with Gasteiger partial charge in [-0.3, -0.25) is 9.48 Å². The predicted octanol–water partition coefficient (Wildman–Crippen LogP) is 4.12. The molecule has 0 spiro atoms. The van der Waals surface area contributed by atoms with Crippen molar-refractivity contribution in [3.8, 4) is 5.75 Å². The predicted molar refractivity (Wildman–Crippen MR) is 103 cm³/mol. The lowest BCUT2D eigenvalue weighted by Crippen LogP contribution is -2.14. The van der Waals surface area contributed by atoms with Crippen molar-refractivity contribution in [2.75, 3.05) is 12.4 Å². The summed E-state index contributed by atoms with van der Waals surface area (Å²) in [6.45, 7) is 6.60. The summed E-state index contributed by atoms with van der Waals surface area (Å²) in [5, 5.41) is 7.57. The third kappa shape index (κ3) is 3.61. The molecule has 0 saturated heterocycles. The molecule has 2 aromatic carbocycles. The van der Waals surface area contributed by atoms with Gasteiger partial charge in [0.05, 0.1) is 36.3 Å². The van der Waals surface area contributed by atoms with Crippen molar-refractivity contribution >= 4 is 11.6 Å². The van der Waals surface area contributed by atoms with E-state index in [-0.39, 0.29) is 5.91 Å². The highest BCUT2D eigenvalue weighted by Crippen LogP contribution is 2.24. The van der Waals surface area contributed by atoms with Gasteiger partial charge in [0.15, 0.2) is 0 Å². The fourth-order valence-corrected chi connectivity index (χ4v) is 2.91. The lowest BCUT2D eigenvalue weighted by molar-refractivity contribution is 0.102. The van der Waals surface area contributed by atoms with Gasteiger partial charge in [0, 0.05) is 0 Å². The summed E-state index contributed by atoms with van der Waals surface area (Å²) >= 11 is 0. The van der Waals surface area contributed by atoms with Gasteiger partial charge in [0.2, 0.25) is 0 Å². The molecule has 1 heterocycles. The minimum absolute atomic E-state index is 0.205. The molecule has 0 fully saturated rings. The van der Waals surface area contributed by atoms with Crippen LogP contribution < -0.4 is 10.1 Å². The van der Waals surface area contributed by atoms with Crippen LogP contribution in [0.5, 0.6) is 5.75 Å². The Morgan fingerprint density at radius 1 is 1.08 bits per heavy atom. The second-order valence-corrected chi connectivity index (χ2v) is 6.34. The van der Waals surface area contributed by atoms with E-state index in [1.165, 1.54) is 11.1 Å². The highest BCUT2D eigenvalue weighted by atomic mass is 16.5. The quantitative estimate of drug-likeness (QED) is 0.754. The topological polar surface area (TPSA) is 56.1 Å². The number of methoxy groups -OCH3 is 1. The minimum Gasteiger partial charge on any atom is -0.496 e. The van der Waals surface area contributed by atoms with Gasteiger partial charge in [-0.2, -0.15) is 5.10 Å². The monoisotopic (exact) mass is 349 g/mol. The molecule has 0 unspecified atom stereocenters. The zero-order valence-corrected chi connectivity index (χ0v) is 15.5. The molecule has 0 saturated carbocycles. The van der Waals surface area contributed by atoms with E-state index in [1.54, 1.807) is 19.2 Å². The summed E-state index contributed by atoms with van der Waals surface area (Å²) in [5.74, 6) is 0.343. The van der Waals surface area contributed by atoms with Gasteiger partial charge >= 0.3 is 0 Å². The van der Waals surface area contributed by atoms with Crippen LogP contribution in [0.2, 0.25) is 0 Å². The molecular formula is C21H23N3O2. The number of benzene rings is 2. The Hall–Kier alpha value is -3.08. The Morgan fingerprint density at radius 2 is 1.77 bits per heavy atom. The average molecular weight is 349 g/mol. The van der Waals surface area contributed by atoms with Crippen LogP contribution in [0, 0.1) is 20.8 Å². The largest absolute Gasteiger partial charge is 0.496 e. The number of hydrogen-bond donors (Lipinski definition) is 1. The van der Waals surface area contributed by atoms with Gasteiger partial charge in [-0.1, -0.05) is 42.0 Å². The lowest BCUT2D eigenvalue weighted by atomic mass is 10.1. The van der Waals surface area contributed by atoms with Gasteiger partial charge in [0.1, 0.15) is 5.75 Å². The molecule has 0 aliphatic heterocycles. The number of anilines is 1. The number of ether oxygens (including phenoxy) is 1. The molecule has 1 amide bonds. The van der Waals surface area contributed by atoms with Crippen LogP contribution in [0.3, 0.4) is 0 Å². The van der Waals surface area contributed by atoms with Crippen LogP contribution in [0.4, 0.5) is 5.69 Å². The SMILES string of the molecule is COc1ccccc1C(=O)Nc1c(C)nn(Cc2ccc(C)cc2)c1C. The van der Waals surface area contributed by atoms with Crippen LogP contribution in [0.1, 0.15) is 32.9 Å². The summed E-state index contributed by atoms with van der Waals surface area (Å²) in [4.78, 5) is 12.7. The highest BCUT2D eigenvalue weighted by molar-refractivity contribution is 6.06. The maximum atomic E-state index is 12.7. The van der Waals surface area contributed by atoms with Crippen LogP contribution in [-0.4, -0.2) is 22.8 Å².